The zero-order valence-corrected chi connectivity index (χ0v) is 21.7. The molecule has 1 saturated heterocycles. The quantitative estimate of drug-likeness (QED) is 0.405. The maximum atomic E-state index is 12.7. The first-order valence-corrected chi connectivity index (χ1v) is 13.6. The topological polar surface area (TPSA) is 91.2 Å². The van der Waals surface area contributed by atoms with Crippen LogP contribution in [0, 0.1) is 12.8 Å². The Bertz CT molecular complexity index is 1250. The van der Waals surface area contributed by atoms with Gasteiger partial charge in [0.15, 0.2) is 0 Å². The van der Waals surface area contributed by atoms with Crippen molar-refractivity contribution >= 4 is 28.8 Å². The van der Waals surface area contributed by atoms with Crippen LogP contribution in [0.1, 0.15) is 61.1 Å². The van der Waals surface area contributed by atoms with Crippen molar-refractivity contribution in [2.75, 3.05) is 13.1 Å². The molecule has 1 unspecified atom stereocenters. The predicted octanol–water partition coefficient (Wildman–Crippen LogP) is 4.90. The van der Waals surface area contributed by atoms with Gasteiger partial charge in [0.05, 0.1) is 6.04 Å². The molecule has 1 aromatic heterocycles. The number of primary amides is 1. The Labute approximate surface area is 219 Å². The summed E-state index contributed by atoms with van der Waals surface area (Å²) in [7, 11) is 0. The van der Waals surface area contributed by atoms with Gasteiger partial charge in [-0.2, -0.15) is 0 Å². The molecule has 1 aliphatic carbocycles. The van der Waals surface area contributed by atoms with Crippen LogP contribution in [0.2, 0.25) is 0 Å². The third kappa shape index (κ3) is 5.96. The summed E-state index contributed by atoms with van der Waals surface area (Å²) in [6, 6.07) is 16.6. The number of aryl methyl sites for hydroxylation is 1. The number of rotatable bonds is 7. The van der Waals surface area contributed by atoms with Crippen LogP contribution in [0.3, 0.4) is 0 Å². The van der Waals surface area contributed by atoms with Crippen molar-refractivity contribution in [3.63, 3.8) is 0 Å². The first-order chi connectivity index (χ1) is 18.0. The lowest BCUT2D eigenvalue weighted by molar-refractivity contribution is -0.128. The maximum absolute atomic E-state index is 12.7. The van der Waals surface area contributed by atoms with E-state index in [1.165, 1.54) is 22.0 Å². The summed E-state index contributed by atoms with van der Waals surface area (Å²) in [5.74, 6) is 0.457. The van der Waals surface area contributed by atoms with Gasteiger partial charge in [0.25, 0.3) is 0 Å². The molecule has 6 heteroatoms. The number of carbonyl (C=O) groups excluding carboxylic acids is 2. The minimum Gasteiger partial charge on any atom is -0.368 e. The van der Waals surface area contributed by atoms with Crippen LogP contribution in [0.4, 0.5) is 0 Å². The van der Waals surface area contributed by atoms with E-state index in [9.17, 15) is 9.59 Å². The fraction of sp³-hybridized carbons (Fsp3) is 0.419. The third-order valence-electron chi connectivity index (χ3n) is 8.33. The molecule has 6 nitrogen and oxygen atoms in total. The molecule has 1 atom stereocenters. The lowest BCUT2D eigenvalue weighted by Gasteiger charge is -2.38. The van der Waals surface area contributed by atoms with Crippen LogP contribution >= 0.6 is 0 Å². The highest BCUT2D eigenvalue weighted by Crippen LogP contribution is 2.37. The normalized spacial score (nSPS) is 21.9. The van der Waals surface area contributed by atoms with Gasteiger partial charge in [-0.05, 0) is 80.6 Å². The lowest BCUT2D eigenvalue weighted by atomic mass is 9.80. The monoisotopic (exact) mass is 498 g/mol. The molecule has 4 N–H and O–H groups in total. The van der Waals surface area contributed by atoms with Gasteiger partial charge < -0.3 is 20.9 Å². The highest BCUT2D eigenvalue weighted by atomic mass is 16.2. The number of carbonyl (C=O) groups is 2. The first kappa shape index (κ1) is 25.3. The zero-order valence-electron chi connectivity index (χ0n) is 21.7. The van der Waals surface area contributed by atoms with E-state index in [1.807, 2.05) is 42.2 Å². The number of benzene rings is 2. The average Bonchev–Trinajstić information content (AvgIpc) is 3.36. The van der Waals surface area contributed by atoms with Gasteiger partial charge in [0, 0.05) is 42.3 Å². The molecule has 37 heavy (non-hydrogen) atoms. The largest absolute Gasteiger partial charge is 0.368 e. The summed E-state index contributed by atoms with van der Waals surface area (Å²) < 4.78 is 0. The van der Waals surface area contributed by atoms with E-state index in [-0.39, 0.29) is 23.8 Å². The second-order valence-electron chi connectivity index (χ2n) is 10.8. The third-order valence-corrected chi connectivity index (χ3v) is 8.33. The Hall–Kier alpha value is -3.38. The number of nitrogens with two attached hydrogens (primary N) is 1. The van der Waals surface area contributed by atoms with Crippen molar-refractivity contribution in [2.45, 2.75) is 63.5 Å². The van der Waals surface area contributed by atoms with Crippen LogP contribution in [0.5, 0.6) is 0 Å². The van der Waals surface area contributed by atoms with Gasteiger partial charge in [-0.15, -0.1) is 0 Å². The summed E-state index contributed by atoms with van der Waals surface area (Å²) in [4.78, 5) is 30.4. The minimum absolute atomic E-state index is 0.0261. The van der Waals surface area contributed by atoms with E-state index < -0.39 is 0 Å². The smallest absolute Gasteiger partial charge is 0.246 e. The molecule has 2 aromatic carbocycles. The van der Waals surface area contributed by atoms with E-state index >= 15 is 0 Å². The Morgan fingerprint density at radius 3 is 2.41 bits per heavy atom. The molecule has 5 rings (SSSR count). The standard InChI is InChI=1S/C31H38N4O2/c1-21-6-8-22(9-7-21)10-15-29(36)35-18-16-24(17-19-35)30(31(32)37)34-25-13-11-23(12-14-25)27-20-33-28-5-3-2-4-26(27)28/h2-10,15,20,23-25,30,33-34H,11-14,16-19H2,1H3,(H2,32,37)/b15-10+. The molecule has 0 bridgehead atoms. The molecular formula is C31H38N4O2. The van der Waals surface area contributed by atoms with Gasteiger partial charge in [-0.25, -0.2) is 0 Å². The molecule has 0 radical (unpaired) electrons. The number of aromatic nitrogens is 1. The Kier molecular flexibility index (Phi) is 7.75. The van der Waals surface area contributed by atoms with Crippen molar-refractivity contribution < 1.29 is 9.59 Å². The molecule has 194 valence electrons. The molecular weight excluding hydrogens is 460 g/mol. The number of amides is 2. The number of para-hydroxylation sites is 1. The number of nitrogens with one attached hydrogen (secondary N) is 2. The van der Waals surface area contributed by atoms with E-state index in [0.29, 0.717) is 25.0 Å². The van der Waals surface area contributed by atoms with Crippen molar-refractivity contribution in [3.05, 3.63) is 77.5 Å². The van der Waals surface area contributed by atoms with Crippen LogP contribution < -0.4 is 11.1 Å². The van der Waals surface area contributed by atoms with Gasteiger partial charge >= 0.3 is 0 Å². The highest BCUT2D eigenvalue weighted by molar-refractivity contribution is 5.92. The van der Waals surface area contributed by atoms with Gasteiger partial charge in [-0.1, -0.05) is 48.0 Å². The predicted molar refractivity (Wildman–Crippen MR) is 149 cm³/mol. The number of fused-ring (bicyclic) bond motifs is 1. The molecule has 0 spiro atoms. The number of hydrogen-bond donors (Lipinski definition) is 3. The van der Waals surface area contributed by atoms with Gasteiger partial charge in [0.2, 0.25) is 11.8 Å². The van der Waals surface area contributed by atoms with E-state index in [4.69, 9.17) is 5.73 Å². The number of nitrogens with zero attached hydrogens (tertiary/aromatic N) is 1. The van der Waals surface area contributed by atoms with Crippen molar-refractivity contribution in [3.8, 4) is 0 Å². The number of hydrogen-bond acceptors (Lipinski definition) is 3. The first-order valence-electron chi connectivity index (χ1n) is 13.6. The average molecular weight is 499 g/mol. The number of piperidine rings is 1. The number of likely N-dealkylation sites (tertiary alicyclic amines) is 1. The van der Waals surface area contributed by atoms with E-state index in [2.05, 4.69) is 40.8 Å². The molecule has 1 saturated carbocycles. The number of aromatic amines is 1. The molecule has 3 aromatic rings. The Balaban J connectivity index is 1.12. The van der Waals surface area contributed by atoms with Crippen LogP contribution in [-0.4, -0.2) is 46.9 Å². The van der Waals surface area contributed by atoms with Crippen molar-refractivity contribution in [1.82, 2.24) is 15.2 Å². The minimum atomic E-state index is -0.338. The van der Waals surface area contributed by atoms with Crippen molar-refractivity contribution in [1.29, 1.82) is 0 Å². The van der Waals surface area contributed by atoms with E-state index in [1.54, 1.807) is 6.08 Å². The summed E-state index contributed by atoms with van der Waals surface area (Å²) >= 11 is 0. The lowest BCUT2D eigenvalue weighted by Crippen LogP contribution is -2.54. The number of H-pyrrole nitrogens is 1. The fourth-order valence-corrected chi connectivity index (χ4v) is 6.11. The SMILES string of the molecule is Cc1ccc(/C=C/C(=O)N2CCC(C(NC3CCC(c4c[nH]c5ccccc45)CC3)C(N)=O)CC2)cc1. The molecule has 2 heterocycles. The van der Waals surface area contributed by atoms with Crippen LogP contribution in [0.15, 0.2) is 60.8 Å². The molecule has 2 fully saturated rings. The molecule has 1 aliphatic heterocycles. The molecule has 2 amide bonds. The second-order valence-corrected chi connectivity index (χ2v) is 10.8. The molecule has 2 aliphatic rings. The zero-order chi connectivity index (χ0) is 25.8. The summed E-state index contributed by atoms with van der Waals surface area (Å²) in [5.41, 5.74) is 10.7. The summed E-state index contributed by atoms with van der Waals surface area (Å²) in [5, 5.41) is 4.95. The van der Waals surface area contributed by atoms with Crippen LogP contribution in [0.25, 0.3) is 17.0 Å². The second kappa shape index (κ2) is 11.3. The fourth-order valence-electron chi connectivity index (χ4n) is 6.11. The van der Waals surface area contributed by atoms with Crippen LogP contribution in [-0.2, 0) is 9.59 Å². The Morgan fingerprint density at radius 1 is 1.00 bits per heavy atom. The Morgan fingerprint density at radius 2 is 1.70 bits per heavy atom. The van der Waals surface area contributed by atoms with Crippen molar-refractivity contribution in [2.24, 2.45) is 11.7 Å². The van der Waals surface area contributed by atoms with Gasteiger partial charge in [0.1, 0.15) is 0 Å². The maximum Gasteiger partial charge on any atom is 0.246 e. The van der Waals surface area contributed by atoms with E-state index in [0.717, 1.165) is 44.1 Å². The highest BCUT2D eigenvalue weighted by Gasteiger charge is 2.34. The van der Waals surface area contributed by atoms with Gasteiger partial charge in [-0.3, -0.25) is 9.59 Å². The summed E-state index contributed by atoms with van der Waals surface area (Å²) in [6.07, 6.45) is 11.5. The summed E-state index contributed by atoms with van der Waals surface area (Å²) in [6.45, 7) is 3.36.